The molecule has 0 bridgehead atoms. The molecule has 0 aromatic rings. The van der Waals surface area contributed by atoms with E-state index >= 15 is 0 Å². The van der Waals surface area contributed by atoms with Crippen LogP contribution in [0.1, 0.15) is 13.8 Å². The maximum absolute atomic E-state index is 5.58. The fourth-order valence-electron chi connectivity index (χ4n) is 0.602. The van der Waals surface area contributed by atoms with E-state index in [4.69, 9.17) is 20.9 Å². The lowest BCUT2D eigenvalue weighted by Gasteiger charge is -2.30. The van der Waals surface area contributed by atoms with Crippen LogP contribution in [-0.4, -0.2) is 25.7 Å². The Balaban J connectivity index is 3.94. The molecule has 0 aromatic heterocycles. The molecular weight excluding hydrogens is 132 g/mol. The van der Waals surface area contributed by atoms with Crippen LogP contribution in [0.3, 0.4) is 0 Å². The average molecular weight is 148 g/mol. The molecule has 62 valence electrons. The normalized spacial score (nSPS) is 20.1. The minimum Gasteiger partial charge on any atom is -0.340 e. The summed E-state index contributed by atoms with van der Waals surface area (Å²) >= 11 is 0. The topological polar surface area (TPSA) is 70.5 Å². The van der Waals surface area contributed by atoms with Crippen molar-refractivity contribution in [1.29, 1.82) is 0 Å². The fraction of sp³-hybridized carbons (Fsp3) is 1.00. The summed E-state index contributed by atoms with van der Waals surface area (Å²) in [4.78, 5) is 0. The molecule has 0 heterocycles. The second-order valence-electron chi connectivity index (χ2n) is 2.15. The molecule has 0 rings (SSSR count). The zero-order valence-electron chi connectivity index (χ0n) is 6.76. The lowest BCUT2D eigenvalue weighted by molar-refractivity contribution is -0.226. The van der Waals surface area contributed by atoms with Crippen LogP contribution < -0.4 is 11.5 Å². The van der Waals surface area contributed by atoms with Gasteiger partial charge in [-0.15, -0.1) is 0 Å². The Morgan fingerprint density at radius 1 is 1.60 bits per heavy atom. The van der Waals surface area contributed by atoms with E-state index in [1.165, 1.54) is 7.11 Å². The number of ether oxygens (including phenoxy) is 2. The van der Waals surface area contributed by atoms with Crippen molar-refractivity contribution in [2.75, 3.05) is 13.7 Å². The van der Waals surface area contributed by atoms with Gasteiger partial charge in [0.2, 0.25) is 5.91 Å². The standard InChI is InChI=1S/C6H16N2O2/c1-4-10-6(8,9-3)5(2)7/h5H,4,7-8H2,1-3H3. The molecule has 0 aliphatic carbocycles. The van der Waals surface area contributed by atoms with Gasteiger partial charge in [0.15, 0.2) is 0 Å². The first-order chi connectivity index (χ1) is 4.56. The summed E-state index contributed by atoms with van der Waals surface area (Å²) in [6, 6.07) is -0.336. The van der Waals surface area contributed by atoms with E-state index in [1.807, 2.05) is 6.92 Å². The lowest BCUT2D eigenvalue weighted by Crippen LogP contribution is -2.57. The van der Waals surface area contributed by atoms with E-state index in [0.717, 1.165) is 0 Å². The first-order valence-corrected chi connectivity index (χ1v) is 3.30. The van der Waals surface area contributed by atoms with Gasteiger partial charge >= 0.3 is 0 Å². The van der Waals surface area contributed by atoms with Crippen molar-refractivity contribution in [1.82, 2.24) is 0 Å². The van der Waals surface area contributed by atoms with E-state index in [-0.39, 0.29) is 6.04 Å². The summed E-state index contributed by atoms with van der Waals surface area (Å²) in [5.74, 6) is -1.13. The summed E-state index contributed by atoms with van der Waals surface area (Å²) in [7, 11) is 1.47. The second-order valence-corrected chi connectivity index (χ2v) is 2.15. The molecule has 0 saturated heterocycles. The van der Waals surface area contributed by atoms with Gasteiger partial charge in [-0.05, 0) is 13.8 Å². The molecular formula is C6H16N2O2. The number of hydrogen-bond donors (Lipinski definition) is 2. The Kier molecular flexibility index (Phi) is 3.81. The van der Waals surface area contributed by atoms with Crippen LogP contribution in [0.4, 0.5) is 0 Å². The highest BCUT2D eigenvalue weighted by molar-refractivity contribution is 4.71. The fourth-order valence-corrected chi connectivity index (χ4v) is 0.602. The van der Waals surface area contributed by atoms with Crippen LogP contribution in [0, 0.1) is 0 Å². The van der Waals surface area contributed by atoms with Gasteiger partial charge in [-0.2, -0.15) is 0 Å². The highest BCUT2D eigenvalue weighted by Crippen LogP contribution is 2.06. The minimum atomic E-state index is -1.13. The third kappa shape index (κ3) is 2.22. The average Bonchev–Trinajstić information content (AvgIpc) is 1.88. The molecule has 2 atom stereocenters. The van der Waals surface area contributed by atoms with Gasteiger partial charge in [-0.25, -0.2) is 0 Å². The monoisotopic (exact) mass is 148 g/mol. The van der Waals surface area contributed by atoms with Crippen LogP contribution in [0.25, 0.3) is 0 Å². The predicted molar refractivity (Wildman–Crippen MR) is 39.2 cm³/mol. The van der Waals surface area contributed by atoms with Gasteiger partial charge in [-0.3, -0.25) is 5.73 Å². The zero-order valence-corrected chi connectivity index (χ0v) is 6.76. The first-order valence-electron chi connectivity index (χ1n) is 3.30. The van der Waals surface area contributed by atoms with Gasteiger partial charge in [-0.1, -0.05) is 0 Å². The molecule has 4 heteroatoms. The lowest BCUT2D eigenvalue weighted by atomic mass is 10.3. The Morgan fingerprint density at radius 3 is 2.20 bits per heavy atom. The molecule has 0 saturated carbocycles. The molecule has 0 aliphatic rings. The zero-order chi connectivity index (χ0) is 8.20. The molecule has 4 N–H and O–H groups in total. The van der Waals surface area contributed by atoms with Gasteiger partial charge in [0, 0.05) is 13.7 Å². The quantitative estimate of drug-likeness (QED) is 0.533. The highest BCUT2D eigenvalue weighted by atomic mass is 16.7. The molecule has 4 nitrogen and oxygen atoms in total. The Morgan fingerprint density at radius 2 is 2.10 bits per heavy atom. The number of nitrogens with two attached hydrogens (primary N) is 2. The Labute approximate surface area is 61.5 Å². The summed E-state index contributed by atoms with van der Waals surface area (Å²) in [6.45, 7) is 4.06. The smallest absolute Gasteiger partial charge is 0.240 e. The molecule has 0 radical (unpaired) electrons. The molecule has 0 aliphatic heterocycles. The molecule has 2 unspecified atom stereocenters. The van der Waals surface area contributed by atoms with Gasteiger partial charge in [0.05, 0.1) is 6.04 Å². The third-order valence-corrected chi connectivity index (χ3v) is 1.32. The second kappa shape index (κ2) is 3.88. The van der Waals surface area contributed by atoms with Gasteiger partial charge in [0.25, 0.3) is 0 Å². The van der Waals surface area contributed by atoms with Crippen molar-refractivity contribution in [3.63, 3.8) is 0 Å². The third-order valence-electron chi connectivity index (χ3n) is 1.32. The minimum absolute atomic E-state index is 0.336. The van der Waals surface area contributed by atoms with Crippen molar-refractivity contribution in [3.8, 4) is 0 Å². The Hall–Kier alpha value is -0.160. The maximum Gasteiger partial charge on any atom is 0.240 e. The summed E-state index contributed by atoms with van der Waals surface area (Å²) in [5.41, 5.74) is 11.1. The molecule has 0 aromatic carbocycles. The van der Waals surface area contributed by atoms with Crippen molar-refractivity contribution in [3.05, 3.63) is 0 Å². The Bertz CT molecular complexity index is 97.7. The SMILES string of the molecule is CCOC(N)(OC)C(C)N. The largest absolute Gasteiger partial charge is 0.340 e. The van der Waals surface area contributed by atoms with Crippen LogP contribution >= 0.6 is 0 Å². The number of methoxy groups -OCH3 is 1. The van der Waals surface area contributed by atoms with E-state index in [2.05, 4.69) is 0 Å². The van der Waals surface area contributed by atoms with E-state index < -0.39 is 5.91 Å². The number of rotatable bonds is 4. The first kappa shape index (κ1) is 9.84. The van der Waals surface area contributed by atoms with Crippen LogP contribution in [0.15, 0.2) is 0 Å². The van der Waals surface area contributed by atoms with Crippen LogP contribution in [0.2, 0.25) is 0 Å². The molecule has 0 spiro atoms. The van der Waals surface area contributed by atoms with Crippen LogP contribution in [0.5, 0.6) is 0 Å². The van der Waals surface area contributed by atoms with Crippen molar-refractivity contribution in [2.24, 2.45) is 11.5 Å². The van der Waals surface area contributed by atoms with Gasteiger partial charge in [0.1, 0.15) is 0 Å². The molecule has 0 amide bonds. The van der Waals surface area contributed by atoms with Crippen LogP contribution in [-0.2, 0) is 9.47 Å². The van der Waals surface area contributed by atoms with Crippen molar-refractivity contribution in [2.45, 2.75) is 25.8 Å². The number of hydrogen-bond acceptors (Lipinski definition) is 4. The molecule has 10 heavy (non-hydrogen) atoms. The summed E-state index contributed by atoms with van der Waals surface area (Å²) in [5, 5.41) is 0. The molecule has 0 fully saturated rings. The van der Waals surface area contributed by atoms with E-state index in [9.17, 15) is 0 Å². The maximum atomic E-state index is 5.58. The summed E-state index contributed by atoms with van der Waals surface area (Å²) < 4.78 is 9.94. The van der Waals surface area contributed by atoms with Crippen molar-refractivity contribution < 1.29 is 9.47 Å². The highest BCUT2D eigenvalue weighted by Gasteiger charge is 2.29. The van der Waals surface area contributed by atoms with E-state index in [1.54, 1.807) is 6.92 Å². The van der Waals surface area contributed by atoms with Crippen molar-refractivity contribution >= 4 is 0 Å². The predicted octanol–water partition coefficient (Wildman–Crippen LogP) is -0.371. The van der Waals surface area contributed by atoms with Gasteiger partial charge < -0.3 is 15.2 Å². The van der Waals surface area contributed by atoms with E-state index in [0.29, 0.717) is 6.61 Å². The summed E-state index contributed by atoms with van der Waals surface area (Å²) in [6.07, 6.45) is 0.